The molecule has 4 nitrogen and oxygen atoms in total. The van der Waals surface area contributed by atoms with Gasteiger partial charge in [0.2, 0.25) is 11.8 Å². The number of benzene rings is 2. The van der Waals surface area contributed by atoms with Crippen molar-refractivity contribution in [2.24, 2.45) is 0 Å². The summed E-state index contributed by atoms with van der Waals surface area (Å²) in [7, 11) is 1.80. The van der Waals surface area contributed by atoms with E-state index in [0.29, 0.717) is 13.0 Å². The number of para-hydroxylation sites is 1. The van der Waals surface area contributed by atoms with Crippen LogP contribution in [-0.2, 0) is 21.4 Å². The summed E-state index contributed by atoms with van der Waals surface area (Å²) in [5.41, 5.74) is 2.07. The maximum Gasteiger partial charge on any atom is 0.238 e. The Bertz CT molecular complexity index is 803. The van der Waals surface area contributed by atoms with E-state index in [9.17, 15) is 9.59 Å². The van der Waals surface area contributed by atoms with E-state index in [-0.39, 0.29) is 18.2 Å². The lowest BCUT2D eigenvalue weighted by Crippen LogP contribution is -2.44. The number of nitrogens with one attached hydrogen (secondary N) is 1. The van der Waals surface area contributed by atoms with E-state index < -0.39 is 5.41 Å². The standard InChI is InChI=1S/C23H28N2O2/c1-3-4-10-15-24-21(26)17-23(16-18-11-6-5-7-12-18)19-13-8-9-14-20(19)25(2)22(23)27/h5-9,11-14H,3-4,10,15-17H2,1-2H3,(H,24,26)/t23-/m1/s1. The summed E-state index contributed by atoms with van der Waals surface area (Å²) in [5, 5.41) is 3.01. The van der Waals surface area contributed by atoms with Crippen molar-refractivity contribution in [3.05, 3.63) is 65.7 Å². The third kappa shape index (κ3) is 3.90. The van der Waals surface area contributed by atoms with E-state index in [0.717, 1.165) is 36.1 Å². The van der Waals surface area contributed by atoms with E-state index in [4.69, 9.17) is 0 Å². The SMILES string of the molecule is CCCCCNC(=O)C[C@@]1(Cc2ccccc2)C(=O)N(C)c2ccccc21. The molecule has 4 heteroatoms. The van der Waals surface area contributed by atoms with Gasteiger partial charge in [-0.2, -0.15) is 0 Å². The van der Waals surface area contributed by atoms with Gasteiger partial charge in [-0.3, -0.25) is 9.59 Å². The van der Waals surface area contributed by atoms with Crippen LogP contribution in [0.5, 0.6) is 0 Å². The molecule has 0 aliphatic carbocycles. The van der Waals surface area contributed by atoms with Crippen LogP contribution < -0.4 is 10.2 Å². The number of amides is 2. The van der Waals surface area contributed by atoms with Gasteiger partial charge in [-0.15, -0.1) is 0 Å². The summed E-state index contributed by atoms with van der Waals surface area (Å²) >= 11 is 0. The Balaban J connectivity index is 1.91. The second kappa shape index (κ2) is 8.38. The summed E-state index contributed by atoms with van der Waals surface area (Å²) in [6.07, 6.45) is 3.88. The number of hydrogen-bond donors (Lipinski definition) is 1. The third-order valence-electron chi connectivity index (χ3n) is 5.41. The highest BCUT2D eigenvalue weighted by Crippen LogP contribution is 2.45. The first-order chi connectivity index (χ1) is 13.1. The fourth-order valence-corrected chi connectivity index (χ4v) is 4.00. The Hall–Kier alpha value is -2.62. The maximum absolute atomic E-state index is 13.3. The Morgan fingerprint density at radius 3 is 2.48 bits per heavy atom. The number of rotatable bonds is 8. The summed E-state index contributed by atoms with van der Waals surface area (Å²) in [4.78, 5) is 27.8. The highest BCUT2D eigenvalue weighted by Gasteiger charge is 2.50. The first kappa shape index (κ1) is 19.2. The normalized spacial score (nSPS) is 18.4. The molecular weight excluding hydrogens is 336 g/mol. The minimum atomic E-state index is -0.846. The average Bonchev–Trinajstić information content (AvgIpc) is 2.89. The van der Waals surface area contributed by atoms with Crippen LogP contribution in [0.25, 0.3) is 0 Å². The van der Waals surface area contributed by atoms with E-state index in [1.54, 1.807) is 11.9 Å². The van der Waals surface area contributed by atoms with Crippen molar-refractivity contribution < 1.29 is 9.59 Å². The molecule has 0 saturated heterocycles. The first-order valence-corrected chi connectivity index (χ1v) is 9.77. The Morgan fingerprint density at radius 2 is 1.74 bits per heavy atom. The summed E-state index contributed by atoms with van der Waals surface area (Å²) < 4.78 is 0. The van der Waals surface area contributed by atoms with E-state index in [2.05, 4.69) is 12.2 Å². The van der Waals surface area contributed by atoms with Crippen LogP contribution >= 0.6 is 0 Å². The smallest absolute Gasteiger partial charge is 0.238 e. The average molecular weight is 364 g/mol. The fraction of sp³-hybridized carbons (Fsp3) is 0.391. The number of carbonyl (C=O) groups excluding carboxylic acids is 2. The van der Waals surface area contributed by atoms with Gasteiger partial charge < -0.3 is 10.2 Å². The van der Waals surface area contributed by atoms with Crippen molar-refractivity contribution >= 4 is 17.5 Å². The molecule has 2 amide bonds. The molecule has 0 spiro atoms. The van der Waals surface area contributed by atoms with Crippen molar-refractivity contribution in [2.45, 2.75) is 44.4 Å². The summed E-state index contributed by atoms with van der Waals surface area (Å²) in [5.74, 6) is -0.0586. The minimum absolute atomic E-state index is 0.00346. The quantitative estimate of drug-likeness (QED) is 0.724. The third-order valence-corrected chi connectivity index (χ3v) is 5.41. The number of unbranched alkanes of at least 4 members (excludes halogenated alkanes) is 2. The van der Waals surface area contributed by atoms with Crippen molar-refractivity contribution in [1.29, 1.82) is 0 Å². The van der Waals surface area contributed by atoms with Gasteiger partial charge in [-0.05, 0) is 30.0 Å². The van der Waals surface area contributed by atoms with Crippen LogP contribution in [0.2, 0.25) is 0 Å². The van der Waals surface area contributed by atoms with Crippen LogP contribution in [0.1, 0.15) is 43.7 Å². The number of anilines is 1. The van der Waals surface area contributed by atoms with Gasteiger partial charge in [0.1, 0.15) is 0 Å². The zero-order valence-electron chi connectivity index (χ0n) is 16.2. The van der Waals surface area contributed by atoms with Crippen LogP contribution in [0.15, 0.2) is 54.6 Å². The minimum Gasteiger partial charge on any atom is -0.356 e. The molecule has 1 N–H and O–H groups in total. The monoisotopic (exact) mass is 364 g/mol. The van der Waals surface area contributed by atoms with Gasteiger partial charge in [0.05, 0.1) is 5.41 Å². The van der Waals surface area contributed by atoms with Crippen LogP contribution in [-0.4, -0.2) is 25.4 Å². The molecule has 0 saturated carbocycles. The molecular formula is C23H28N2O2. The number of hydrogen-bond acceptors (Lipinski definition) is 2. The fourth-order valence-electron chi connectivity index (χ4n) is 4.00. The Kier molecular flexibility index (Phi) is 5.94. The van der Waals surface area contributed by atoms with Crippen molar-refractivity contribution in [2.75, 3.05) is 18.5 Å². The van der Waals surface area contributed by atoms with Crippen molar-refractivity contribution in [1.82, 2.24) is 5.32 Å². The zero-order chi connectivity index (χ0) is 19.3. The van der Waals surface area contributed by atoms with Crippen molar-refractivity contribution in [3.63, 3.8) is 0 Å². The van der Waals surface area contributed by atoms with E-state index in [1.165, 1.54) is 0 Å². The van der Waals surface area contributed by atoms with Gasteiger partial charge in [0.25, 0.3) is 0 Å². The highest BCUT2D eigenvalue weighted by molar-refractivity contribution is 6.09. The molecule has 142 valence electrons. The molecule has 1 aliphatic heterocycles. The summed E-state index contributed by atoms with van der Waals surface area (Å²) in [6, 6.07) is 17.8. The first-order valence-electron chi connectivity index (χ1n) is 9.77. The molecule has 0 radical (unpaired) electrons. The molecule has 3 rings (SSSR count). The van der Waals surface area contributed by atoms with Gasteiger partial charge in [-0.1, -0.05) is 68.3 Å². The Labute approximate surface area is 161 Å². The second-order valence-corrected chi connectivity index (χ2v) is 7.36. The Morgan fingerprint density at radius 1 is 1.04 bits per heavy atom. The topological polar surface area (TPSA) is 49.4 Å². The lowest BCUT2D eigenvalue weighted by Gasteiger charge is -2.28. The molecule has 27 heavy (non-hydrogen) atoms. The van der Waals surface area contributed by atoms with Gasteiger partial charge in [-0.25, -0.2) is 0 Å². The van der Waals surface area contributed by atoms with E-state index >= 15 is 0 Å². The molecule has 1 aliphatic rings. The predicted octanol–water partition coefficient (Wildman–Crippen LogP) is 3.84. The molecule has 0 fully saturated rings. The molecule has 1 atom stereocenters. The highest BCUT2D eigenvalue weighted by atomic mass is 16.2. The van der Waals surface area contributed by atoms with Crippen molar-refractivity contribution in [3.8, 4) is 0 Å². The molecule has 1 heterocycles. The molecule has 0 bridgehead atoms. The van der Waals surface area contributed by atoms with Gasteiger partial charge in [0.15, 0.2) is 0 Å². The lowest BCUT2D eigenvalue weighted by molar-refractivity contribution is -0.129. The molecule has 2 aromatic rings. The number of nitrogens with zero attached hydrogens (tertiary/aromatic N) is 1. The van der Waals surface area contributed by atoms with Crippen LogP contribution in [0.3, 0.4) is 0 Å². The predicted molar refractivity (Wildman–Crippen MR) is 109 cm³/mol. The van der Waals surface area contributed by atoms with E-state index in [1.807, 2.05) is 54.6 Å². The summed E-state index contributed by atoms with van der Waals surface area (Å²) in [6.45, 7) is 2.81. The number of fused-ring (bicyclic) bond motifs is 1. The zero-order valence-corrected chi connectivity index (χ0v) is 16.2. The number of carbonyl (C=O) groups is 2. The molecule has 0 aromatic heterocycles. The van der Waals surface area contributed by atoms with Crippen LogP contribution in [0.4, 0.5) is 5.69 Å². The second-order valence-electron chi connectivity index (χ2n) is 7.36. The maximum atomic E-state index is 13.3. The van der Waals surface area contributed by atoms with Gasteiger partial charge in [0, 0.05) is 25.7 Å². The largest absolute Gasteiger partial charge is 0.356 e. The number of likely N-dealkylation sites (N-methyl/N-ethyl adjacent to an activating group) is 1. The van der Waals surface area contributed by atoms with Gasteiger partial charge >= 0.3 is 0 Å². The molecule has 0 unspecified atom stereocenters. The lowest BCUT2D eigenvalue weighted by atomic mass is 9.73. The molecule has 2 aromatic carbocycles. The van der Waals surface area contributed by atoms with Crippen LogP contribution in [0, 0.1) is 0 Å².